The van der Waals surface area contributed by atoms with E-state index < -0.39 is 0 Å². The Labute approximate surface area is 154 Å². The number of nitrogens with zero attached hydrogens (tertiary/aromatic N) is 1. The topological polar surface area (TPSA) is 84.7 Å². The average molecular weight is 368 g/mol. The molecule has 1 aromatic rings. The van der Waals surface area contributed by atoms with Gasteiger partial charge in [-0.1, -0.05) is 18.2 Å². The van der Waals surface area contributed by atoms with Crippen LogP contribution in [0, 0.1) is 5.92 Å². The Morgan fingerprint density at radius 1 is 1.12 bits per heavy atom. The van der Waals surface area contributed by atoms with Gasteiger partial charge in [-0.25, -0.2) is 0 Å². The summed E-state index contributed by atoms with van der Waals surface area (Å²) in [6.45, 7) is 1.68. The van der Waals surface area contributed by atoms with E-state index in [2.05, 4.69) is 5.32 Å². The van der Waals surface area contributed by atoms with Crippen LogP contribution in [0.25, 0.3) is 0 Å². The molecule has 2 saturated heterocycles. The number of para-hydroxylation sites is 1. The van der Waals surface area contributed by atoms with Crippen molar-refractivity contribution in [1.29, 1.82) is 0 Å². The first-order valence-corrected chi connectivity index (χ1v) is 8.67. The number of rotatable bonds is 4. The van der Waals surface area contributed by atoms with Crippen molar-refractivity contribution in [2.45, 2.75) is 37.9 Å². The number of carbonyl (C=O) groups excluding carboxylic acids is 2. The summed E-state index contributed by atoms with van der Waals surface area (Å²) in [6.07, 6.45) is 2.63. The number of halogens is 1. The summed E-state index contributed by atoms with van der Waals surface area (Å²) in [6, 6.07) is 9.46. The summed E-state index contributed by atoms with van der Waals surface area (Å²) < 4.78 is 5.68. The average Bonchev–Trinajstić information content (AvgIpc) is 3.11. The summed E-state index contributed by atoms with van der Waals surface area (Å²) in [4.78, 5) is 26.6. The number of likely N-dealkylation sites (tertiary alicyclic amines) is 1. The van der Waals surface area contributed by atoms with E-state index in [1.165, 1.54) is 0 Å². The SMILES string of the molecule is Cl.NC[C@H]1CC[C@@H](C(=O)N2CCC(C(=O)Nc3ccccc3)CC2)O1. The van der Waals surface area contributed by atoms with Crippen molar-refractivity contribution in [3.63, 3.8) is 0 Å². The molecule has 0 unspecified atom stereocenters. The van der Waals surface area contributed by atoms with Gasteiger partial charge >= 0.3 is 0 Å². The number of hydrogen-bond donors (Lipinski definition) is 2. The molecule has 2 fully saturated rings. The van der Waals surface area contributed by atoms with Crippen molar-refractivity contribution in [2.75, 3.05) is 25.0 Å². The third-order valence-corrected chi connectivity index (χ3v) is 4.86. The molecule has 2 heterocycles. The standard InChI is InChI=1S/C18H25N3O3.ClH/c19-12-15-6-7-16(24-15)18(23)21-10-8-13(9-11-21)17(22)20-14-4-2-1-3-5-14;/h1-5,13,15-16H,6-12,19H2,(H,20,22);1H/t15-,16+;/m1./s1. The van der Waals surface area contributed by atoms with Gasteiger partial charge in [-0.05, 0) is 37.8 Å². The normalized spacial score (nSPS) is 23.8. The fraction of sp³-hybridized carbons (Fsp3) is 0.556. The minimum Gasteiger partial charge on any atom is -0.364 e. The molecule has 2 atom stereocenters. The molecule has 0 bridgehead atoms. The highest BCUT2D eigenvalue weighted by atomic mass is 35.5. The molecule has 3 rings (SSSR count). The Morgan fingerprint density at radius 3 is 2.40 bits per heavy atom. The van der Waals surface area contributed by atoms with Crippen LogP contribution >= 0.6 is 12.4 Å². The van der Waals surface area contributed by atoms with Gasteiger partial charge in [0.2, 0.25) is 5.91 Å². The maximum Gasteiger partial charge on any atom is 0.251 e. The van der Waals surface area contributed by atoms with Crippen LogP contribution in [0.3, 0.4) is 0 Å². The Bertz CT molecular complexity index is 576. The molecular weight excluding hydrogens is 342 g/mol. The Kier molecular flexibility index (Phi) is 7.23. The highest BCUT2D eigenvalue weighted by Crippen LogP contribution is 2.24. The van der Waals surface area contributed by atoms with E-state index in [4.69, 9.17) is 10.5 Å². The number of nitrogens with two attached hydrogens (primary N) is 1. The molecule has 0 spiro atoms. The third-order valence-electron chi connectivity index (χ3n) is 4.86. The predicted octanol–water partition coefficient (Wildman–Crippen LogP) is 1.79. The molecule has 0 aromatic heterocycles. The van der Waals surface area contributed by atoms with Gasteiger partial charge in [0.15, 0.2) is 0 Å². The van der Waals surface area contributed by atoms with Crippen LogP contribution in [0.4, 0.5) is 5.69 Å². The molecular formula is C18H26ClN3O3. The number of nitrogens with one attached hydrogen (secondary N) is 1. The first kappa shape index (κ1) is 19.7. The third kappa shape index (κ3) is 4.93. The second kappa shape index (κ2) is 9.17. The van der Waals surface area contributed by atoms with Gasteiger partial charge in [0.25, 0.3) is 5.91 Å². The molecule has 0 saturated carbocycles. The van der Waals surface area contributed by atoms with Gasteiger partial charge in [0.1, 0.15) is 6.10 Å². The lowest BCUT2D eigenvalue weighted by Crippen LogP contribution is -2.45. The largest absolute Gasteiger partial charge is 0.364 e. The number of piperidine rings is 1. The summed E-state index contributed by atoms with van der Waals surface area (Å²) >= 11 is 0. The highest BCUT2D eigenvalue weighted by molar-refractivity contribution is 5.92. The summed E-state index contributed by atoms with van der Waals surface area (Å²) in [5, 5.41) is 2.94. The zero-order valence-corrected chi connectivity index (χ0v) is 15.0. The van der Waals surface area contributed by atoms with E-state index in [9.17, 15) is 9.59 Å². The van der Waals surface area contributed by atoms with Crippen LogP contribution in [0.15, 0.2) is 30.3 Å². The van der Waals surface area contributed by atoms with Crippen molar-refractivity contribution >= 4 is 29.9 Å². The van der Waals surface area contributed by atoms with E-state index in [1.54, 1.807) is 0 Å². The van der Waals surface area contributed by atoms with Gasteiger partial charge < -0.3 is 20.7 Å². The van der Waals surface area contributed by atoms with Gasteiger partial charge in [-0.15, -0.1) is 12.4 Å². The number of anilines is 1. The van der Waals surface area contributed by atoms with Crippen LogP contribution in [-0.2, 0) is 14.3 Å². The van der Waals surface area contributed by atoms with Crippen molar-refractivity contribution in [1.82, 2.24) is 4.90 Å². The maximum absolute atomic E-state index is 12.5. The van der Waals surface area contributed by atoms with Crippen LogP contribution in [-0.4, -0.2) is 48.6 Å². The lowest BCUT2D eigenvalue weighted by atomic mass is 9.95. The fourth-order valence-electron chi connectivity index (χ4n) is 3.39. The van der Waals surface area contributed by atoms with E-state index in [0.29, 0.717) is 32.5 Å². The Morgan fingerprint density at radius 2 is 1.80 bits per heavy atom. The van der Waals surface area contributed by atoms with E-state index in [-0.39, 0.29) is 42.3 Å². The number of ether oxygens (including phenoxy) is 1. The van der Waals surface area contributed by atoms with Crippen molar-refractivity contribution in [3.8, 4) is 0 Å². The summed E-state index contributed by atoms with van der Waals surface area (Å²) in [7, 11) is 0. The van der Waals surface area contributed by atoms with Crippen molar-refractivity contribution < 1.29 is 14.3 Å². The number of hydrogen-bond acceptors (Lipinski definition) is 4. The quantitative estimate of drug-likeness (QED) is 0.849. The monoisotopic (exact) mass is 367 g/mol. The van der Waals surface area contributed by atoms with Crippen LogP contribution in [0.1, 0.15) is 25.7 Å². The molecule has 0 aliphatic carbocycles. The van der Waals surface area contributed by atoms with Gasteiger partial charge in [-0.3, -0.25) is 9.59 Å². The molecule has 6 nitrogen and oxygen atoms in total. The zero-order chi connectivity index (χ0) is 16.9. The molecule has 2 aliphatic heterocycles. The number of carbonyl (C=O) groups is 2. The molecule has 0 radical (unpaired) electrons. The number of benzene rings is 1. The van der Waals surface area contributed by atoms with E-state index in [1.807, 2.05) is 35.2 Å². The van der Waals surface area contributed by atoms with Crippen LogP contribution in [0.5, 0.6) is 0 Å². The summed E-state index contributed by atoms with van der Waals surface area (Å²) in [5.41, 5.74) is 6.41. The second-order valence-electron chi connectivity index (χ2n) is 6.51. The van der Waals surface area contributed by atoms with Gasteiger partial charge in [-0.2, -0.15) is 0 Å². The van der Waals surface area contributed by atoms with Crippen molar-refractivity contribution in [3.05, 3.63) is 30.3 Å². The van der Waals surface area contributed by atoms with E-state index >= 15 is 0 Å². The molecule has 1 aromatic carbocycles. The van der Waals surface area contributed by atoms with Gasteiger partial charge in [0, 0.05) is 31.2 Å². The maximum atomic E-state index is 12.5. The molecule has 25 heavy (non-hydrogen) atoms. The predicted molar refractivity (Wildman–Crippen MR) is 98.6 cm³/mol. The van der Waals surface area contributed by atoms with Gasteiger partial charge in [0.05, 0.1) is 6.10 Å². The molecule has 2 aliphatic rings. The Hall–Kier alpha value is -1.63. The minimum absolute atomic E-state index is 0. The fourth-order valence-corrected chi connectivity index (χ4v) is 3.39. The summed E-state index contributed by atoms with van der Waals surface area (Å²) in [5.74, 6) is 0.0389. The number of amides is 2. The van der Waals surface area contributed by atoms with Crippen molar-refractivity contribution in [2.24, 2.45) is 11.7 Å². The first-order valence-electron chi connectivity index (χ1n) is 8.67. The second-order valence-corrected chi connectivity index (χ2v) is 6.51. The highest BCUT2D eigenvalue weighted by Gasteiger charge is 2.35. The minimum atomic E-state index is -0.353. The van der Waals surface area contributed by atoms with Crippen LogP contribution < -0.4 is 11.1 Å². The lowest BCUT2D eigenvalue weighted by molar-refractivity contribution is -0.145. The molecule has 7 heteroatoms. The lowest BCUT2D eigenvalue weighted by Gasteiger charge is -2.32. The first-order chi connectivity index (χ1) is 11.7. The van der Waals surface area contributed by atoms with E-state index in [0.717, 1.165) is 18.5 Å². The Balaban J connectivity index is 0.00000225. The molecule has 2 amide bonds. The molecule has 138 valence electrons. The zero-order valence-electron chi connectivity index (χ0n) is 14.2. The molecule has 3 N–H and O–H groups in total. The van der Waals surface area contributed by atoms with Crippen LogP contribution in [0.2, 0.25) is 0 Å². The smallest absolute Gasteiger partial charge is 0.251 e.